The minimum Gasteiger partial charge on any atom is -0.316 e. The van der Waals surface area contributed by atoms with Crippen LogP contribution in [0.15, 0.2) is 24.5 Å². The minimum atomic E-state index is 0.0955. The molecule has 0 spiro atoms. The van der Waals surface area contributed by atoms with Gasteiger partial charge in [0.1, 0.15) is 0 Å². The zero-order valence-corrected chi connectivity index (χ0v) is 8.78. The van der Waals surface area contributed by atoms with Gasteiger partial charge in [-0.05, 0) is 44.0 Å². The molecule has 0 saturated carbocycles. The lowest BCUT2D eigenvalue weighted by molar-refractivity contribution is -0.117. The summed E-state index contributed by atoms with van der Waals surface area (Å²) in [6.45, 7) is 2.17. The summed E-state index contributed by atoms with van der Waals surface area (Å²) < 4.78 is 1.69. The lowest BCUT2D eigenvalue weighted by Crippen LogP contribution is -2.22. The summed E-state index contributed by atoms with van der Waals surface area (Å²) in [7, 11) is 0. The van der Waals surface area contributed by atoms with E-state index < -0.39 is 0 Å². The molecule has 0 bridgehead atoms. The molecule has 1 amide bonds. The molecule has 1 fully saturated rings. The van der Waals surface area contributed by atoms with Crippen molar-refractivity contribution in [2.75, 3.05) is 18.5 Å². The Morgan fingerprint density at radius 2 is 2.27 bits per heavy atom. The fraction of sp³-hybridized carbons (Fsp3) is 0.545. The van der Waals surface area contributed by atoms with Crippen LogP contribution in [0.1, 0.15) is 19.3 Å². The predicted octanol–water partition coefficient (Wildman–Crippen LogP) is 0.948. The molecule has 1 aliphatic heterocycles. The molecule has 2 N–H and O–H groups in total. The van der Waals surface area contributed by atoms with Crippen LogP contribution >= 0.6 is 0 Å². The Labute approximate surface area is 89.6 Å². The standard InChI is InChI=1S/C11H17N3O/c15-11(13-14-7-1-2-8-14)4-3-10-5-6-12-9-10/h1-2,7-8,10,12H,3-6,9H2,(H,13,15). The summed E-state index contributed by atoms with van der Waals surface area (Å²) in [6.07, 6.45) is 6.46. The lowest BCUT2D eigenvalue weighted by atomic mass is 10.0. The van der Waals surface area contributed by atoms with E-state index in [0.717, 1.165) is 19.5 Å². The molecule has 1 aliphatic rings. The van der Waals surface area contributed by atoms with Gasteiger partial charge in [0.25, 0.3) is 0 Å². The maximum absolute atomic E-state index is 11.5. The molecule has 1 saturated heterocycles. The zero-order valence-electron chi connectivity index (χ0n) is 8.78. The van der Waals surface area contributed by atoms with Crippen LogP contribution in [0.5, 0.6) is 0 Å². The molecular formula is C11H17N3O. The quantitative estimate of drug-likeness (QED) is 0.772. The van der Waals surface area contributed by atoms with Crippen LogP contribution in [0.25, 0.3) is 0 Å². The van der Waals surface area contributed by atoms with Gasteiger partial charge in [0, 0.05) is 18.8 Å². The molecule has 0 radical (unpaired) electrons. The van der Waals surface area contributed by atoms with Crippen molar-refractivity contribution in [3.8, 4) is 0 Å². The highest BCUT2D eigenvalue weighted by atomic mass is 16.2. The number of hydrogen-bond donors (Lipinski definition) is 2. The van der Waals surface area contributed by atoms with Crippen LogP contribution in [0.4, 0.5) is 0 Å². The fourth-order valence-corrected chi connectivity index (χ4v) is 1.90. The first-order valence-electron chi connectivity index (χ1n) is 5.48. The maximum Gasteiger partial charge on any atom is 0.238 e. The Bertz CT molecular complexity index is 302. The summed E-state index contributed by atoms with van der Waals surface area (Å²) in [5, 5.41) is 3.30. The van der Waals surface area contributed by atoms with Crippen LogP contribution < -0.4 is 10.7 Å². The molecular weight excluding hydrogens is 190 g/mol. The summed E-state index contributed by atoms with van der Waals surface area (Å²) in [4.78, 5) is 11.5. The van der Waals surface area contributed by atoms with E-state index in [9.17, 15) is 4.79 Å². The molecule has 4 nitrogen and oxygen atoms in total. The highest BCUT2D eigenvalue weighted by Crippen LogP contribution is 2.13. The van der Waals surface area contributed by atoms with Gasteiger partial charge in [-0.25, -0.2) is 0 Å². The van der Waals surface area contributed by atoms with E-state index in [0.29, 0.717) is 12.3 Å². The fourth-order valence-electron chi connectivity index (χ4n) is 1.90. The topological polar surface area (TPSA) is 46.1 Å². The number of nitrogens with zero attached hydrogens (tertiary/aromatic N) is 1. The normalized spacial score (nSPS) is 20.4. The second kappa shape index (κ2) is 4.98. The van der Waals surface area contributed by atoms with Crippen molar-refractivity contribution < 1.29 is 4.79 Å². The second-order valence-corrected chi connectivity index (χ2v) is 4.02. The van der Waals surface area contributed by atoms with Crippen molar-refractivity contribution >= 4 is 5.91 Å². The summed E-state index contributed by atoms with van der Waals surface area (Å²) in [5.74, 6) is 0.776. The highest BCUT2D eigenvalue weighted by Gasteiger charge is 2.15. The van der Waals surface area contributed by atoms with Crippen molar-refractivity contribution in [2.45, 2.75) is 19.3 Å². The third kappa shape index (κ3) is 3.09. The van der Waals surface area contributed by atoms with Crippen molar-refractivity contribution in [3.05, 3.63) is 24.5 Å². The molecule has 1 unspecified atom stereocenters. The molecule has 2 heterocycles. The van der Waals surface area contributed by atoms with E-state index in [4.69, 9.17) is 0 Å². The van der Waals surface area contributed by atoms with Crippen LogP contribution in [0, 0.1) is 5.92 Å². The SMILES string of the molecule is O=C(CCC1CCNC1)Nn1cccc1. The van der Waals surface area contributed by atoms with Gasteiger partial charge in [0.05, 0.1) is 0 Å². The number of hydrogen-bond acceptors (Lipinski definition) is 2. The summed E-state index contributed by atoms with van der Waals surface area (Å²) in [6, 6.07) is 3.78. The van der Waals surface area contributed by atoms with Gasteiger partial charge in [0.15, 0.2) is 0 Å². The summed E-state index contributed by atoms with van der Waals surface area (Å²) in [5.41, 5.74) is 2.80. The number of carbonyl (C=O) groups is 1. The van der Waals surface area contributed by atoms with Crippen molar-refractivity contribution in [1.82, 2.24) is 9.99 Å². The van der Waals surface area contributed by atoms with Gasteiger partial charge in [-0.3, -0.25) is 14.9 Å². The van der Waals surface area contributed by atoms with E-state index >= 15 is 0 Å². The van der Waals surface area contributed by atoms with Gasteiger partial charge >= 0.3 is 0 Å². The number of amides is 1. The van der Waals surface area contributed by atoms with Crippen LogP contribution in [-0.2, 0) is 4.79 Å². The smallest absolute Gasteiger partial charge is 0.238 e. The number of carbonyl (C=O) groups excluding carboxylic acids is 1. The van der Waals surface area contributed by atoms with Gasteiger partial charge in [-0.2, -0.15) is 0 Å². The average molecular weight is 207 g/mol. The Kier molecular flexibility index (Phi) is 3.40. The Morgan fingerprint density at radius 3 is 2.93 bits per heavy atom. The maximum atomic E-state index is 11.5. The molecule has 15 heavy (non-hydrogen) atoms. The molecule has 0 aliphatic carbocycles. The first kappa shape index (κ1) is 10.2. The van der Waals surface area contributed by atoms with E-state index in [1.54, 1.807) is 4.68 Å². The van der Waals surface area contributed by atoms with Crippen LogP contribution in [-0.4, -0.2) is 23.7 Å². The Hall–Kier alpha value is -1.29. The van der Waals surface area contributed by atoms with Gasteiger partial charge < -0.3 is 5.32 Å². The number of nitrogens with one attached hydrogen (secondary N) is 2. The van der Waals surface area contributed by atoms with Crippen molar-refractivity contribution in [1.29, 1.82) is 0 Å². The van der Waals surface area contributed by atoms with E-state index in [-0.39, 0.29) is 5.91 Å². The van der Waals surface area contributed by atoms with Crippen LogP contribution in [0.2, 0.25) is 0 Å². The molecule has 0 aromatic carbocycles. The molecule has 1 aromatic rings. The van der Waals surface area contributed by atoms with E-state index in [1.165, 1.54) is 6.42 Å². The molecule has 1 aromatic heterocycles. The first-order chi connectivity index (χ1) is 7.34. The third-order valence-electron chi connectivity index (χ3n) is 2.80. The molecule has 4 heteroatoms. The Balaban J connectivity index is 1.68. The number of aromatic nitrogens is 1. The molecule has 2 rings (SSSR count). The van der Waals surface area contributed by atoms with Gasteiger partial charge in [-0.1, -0.05) is 0 Å². The largest absolute Gasteiger partial charge is 0.316 e. The minimum absolute atomic E-state index is 0.0955. The molecule has 1 atom stereocenters. The first-order valence-corrected chi connectivity index (χ1v) is 5.48. The van der Waals surface area contributed by atoms with E-state index in [1.807, 2.05) is 24.5 Å². The molecule has 82 valence electrons. The lowest BCUT2D eigenvalue weighted by Gasteiger charge is -2.09. The van der Waals surface area contributed by atoms with Crippen LogP contribution in [0.3, 0.4) is 0 Å². The summed E-state index contributed by atoms with van der Waals surface area (Å²) >= 11 is 0. The van der Waals surface area contributed by atoms with Crippen molar-refractivity contribution in [3.63, 3.8) is 0 Å². The second-order valence-electron chi connectivity index (χ2n) is 4.02. The highest BCUT2D eigenvalue weighted by molar-refractivity contribution is 5.83. The monoisotopic (exact) mass is 207 g/mol. The van der Waals surface area contributed by atoms with Gasteiger partial charge in [-0.15, -0.1) is 0 Å². The predicted molar refractivity (Wildman–Crippen MR) is 59.0 cm³/mol. The number of rotatable bonds is 4. The average Bonchev–Trinajstić information content (AvgIpc) is 2.86. The van der Waals surface area contributed by atoms with Crippen molar-refractivity contribution in [2.24, 2.45) is 5.92 Å². The third-order valence-corrected chi connectivity index (χ3v) is 2.80. The van der Waals surface area contributed by atoms with E-state index in [2.05, 4.69) is 10.7 Å². The zero-order chi connectivity index (χ0) is 10.5. The van der Waals surface area contributed by atoms with Gasteiger partial charge in [0.2, 0.25) is 5.91 Å². The Morgan fingerprint density at radius 1 is 1.47 bits per heavy atom.